The third-order valence-corrected chi connectivity index (χ3v) is 7.48. The number of fused-ring (bicyclic) bond motifs is 1. The van der Waals surface area contributed by atoms with Crippen molar-refractivity contribution in [1.82, 2.24) is 9.55 Å². The van der Waals surface area contributed by atoms with E-state index < -0.39 is 0 Å². The summed E-state index contributed by atoms with van der Waals surface area (Å²) in [6.45, 7) is 0. The van der Waals surface area contributed by atoms with Crippen molar-refractivity contribution in [1.29, 1.82) is 0 Å². The second-order valence-electron chi connectivity index (χ2n) is 7.41. The molecule has 5 aromatic rings. The Kier molecular flexibility index (Phi) is 6.62. The third kappa shape index (κ3) is 4.70. The predicted octanol–water partition coefficient (Wildman–Crippen LogP) is 6.61. The number of benzene rings is 3. The number of hydrogen-bond acceptors (Lipinski definition) is 5. The number of thioether (sulfide) groups is 1. The minimum absolute atomic E-state index is 0.123. The summed E-state index contributed by atoms with van der Waals surface area (Å²) >= 11 is 6.07. The maximum Gasteiger partial charge on any atom is 0.268 e. The van der Waals surface area contributed by atoms with Crippen LogP contribution in [0.1, 0.15) is 0 Å². The van der Waals surface area contributed by atoms with Gasteiger partial charge in [-0.25, -0.2) is 4.98 Å². The molecule has 34 heavy (non-hydrogen) atoms. The van der Waals surface area contributed by atoms with Gasteiger partial charge in [0.2, 0.25) is 5.91 Å². The van der Waals surface area contributed by atoms with Crippen LogP contribution < -0.4 is 10.9 Å². The monoisotopic (exact) mass is 547 g/mol. The van der Waals surface area contributed by atoms with Gasteiger partial charge in [0.25, 0.3) is 5.56 Å². The molecule has 0 saturated carbocycles. The summed E-state index contributed by atoms with van der Waals surface area (Å²) in [4.78, 5) is 31.9. The van der Waals surface area contributed by atoms with Gasteiger partial charge in [-0.2, -0.15) is 0 Å². The summed E-state index contributed by atoms with van der Waals surface area (Å²) in [5.74, 6) is -0.0463. The van der Waals surface area contributed by atoms with Crippen LogP contribution in [-0.2, 0) is 4.79 Å². The smallest absolute Gasteiger partial charge is 0.268 e. The first kappa shape index (κ1) is 22.6. The maximum absolute atomic E-state index is 13.8. The van der Waals surface area contributed by atoms with Crippen molar-refractivity contribution >= 4 is 60.8 Å². The van der Waals surface area contributed by atoms with Crippen LogP contribution in [0, 0.1) is 0 Å². The van der Waals surface area contributed by atoms with Gasteiger partial charge < -0.3 is 5.32 Å². The molecule has 168 valence electrons. The van der Waals surface area contributed by atoms with Crippen molar-refractivity contribution < 1.29 is 4.79 Å². The van der Waals surface area contributed by atoms with Gasteiger partial charge in [-0.3, -0.25) is 14.2 Å². The van der Waals surface area contributed by atoms with Gasteiger partial charge in [-0.15, -0.1) is 11.3 Å². The number of nitrogens with one attached hydrogen (secondary N) is 1. The second-order valence-corrected chi connectivity index (χ2v) is 10.1. The van der Waals surface area contributed by atoms with Crippen LogP contribution in [0.5, 0.6) is 0 Å². The summed E-state index contributed by atoms with van der Waals surface area (Å²) in [6.07, 6.45) is 0. The van der Waals surface area contributed by atoms with Crippen LogP contribution >= 0.6 is 39.0 Å². The zero-order chi connectivity index (χ0) is 23.5. The van der Waals surface area contributed by atoms with E-state index in [2.05, 4.69) is 21.2 Å². The molecule has 0 aliphatic rings. The molecule has 0 unspecified atom stereocenters. The van der Waals surface area contributed by atoms with Crippen molar-refractivity contribution in [3.8, 4) is 16.8 Å². The Morgan fingerprint density at radius 2 is 1.65 bits per heavy atom. The SMILES string of the molecule is O=C(CSc1nc2scc(-c3ccccc3)c2c(=O)n1-c1ccccc1)Nc1ccc(Br)cc1. The summed E-state index contributed by atoms with van der Waals surface area (Å²) in [6, 6.07) is 26.6. The summed E-state index contributed by atoms with van der Waals surface area (Å²) < 4.78 is 2.54. The van der Waals surface area contributed by atoms with E-state index in [0.29, 0.717) is 26.7 Å². The number of rotatable bonds is 6. The number of hydrogen-bond donors (Lipinski definition) is 1. The molecule has 0 atom stereocenters. The quantitative estimate of drug-likeness (QED) is 0.192. The Balaban J connectivity index is 1.53. The molecule has 1 N–H and O–H groups in total. The highest BCUT2D eigenvalue weighted by molar-refractivity contribution is 9.10. The lowest BCUT2D eigenvalue weighted by atomic mass is 10.1. The lowest BCUT2D eigenvalue weighted by Crippen LogP contribution is -2.22. The van der Waals surface area contributed by atoms with E-state index in [9.17, 15) is 9.59 Å². The number of thiophene rings is 1. The topological polar surface area (TPSA) is 64.0 Å². The molecule has 2 aromatic heterocycles. The predicted molar refractivity (Wildman–Crippen MR) is 144 cm³/mol. The van der Waals surface area contributed by atoms with Crippen LogP contribution in [0.4, 0.5) is 5.69 Å². The summed E-state index contributed by atoms with van der Waals surface area (Å²) in [7, 11) is 0. The van der Waals surface area contributed by atoms with Crippen molar-refractivity contribution in [3.63, 3.8) is 0 Å². The number of halogens is 1. The fourth-order valence-corrected chi connectivity index (χ4v) is 5.63. The number of anilines is 1. The van der Waals surface area contributed by atoms with E-state index in [1.807, 2.05) is 90.3 Å². The van der Waals surface area contributed by atoms with Crippen LogP contribution in [0.2, 0.25) is 0 Å². The lowest BCUT2D eigenvalue weighted by molar-refractivity contribution is -0.113. The molecule has 5 rings (SSSR count). The third-order valence-electron chi connectivity index (χ3n) is 5.14. The average molecular weight is 548 g/mol. The van der Waals surface area contributed by atoms with Crippen molar-refractivity contribution in [2.75, 3.05) is 11.1 Å². The Morgan fingerprint density at radius 1 is 0.971 bits per heavy atom. The molecular weight excluding hydrogens is 530 g/mol. The normalized spacial score (nSPS) is 11.0. The standard InChI is InChI=1S/C26H18BrN3O2S2/c27-18-11-13-19(14-12-18)28-22(31)16-34-26-29-24-23(21(15-33-24)17-7-3-1-4-8-17)25(32)30(26)20-9-5-2-6-10-20/h1-15H,16H2,(H,28,31). The first-order valence-electron chi connectivity index (χ1n) is 10.4. The molecule has 0 aliphatic heterocycles. The molecule has 0 bridgehead atoms. The first-order chi connectivity index (χ1) is 16.6. The highest BCUT2D eigenvalue weighted by Gasteiger charge is 2.19. The van der Waals surface area contributed by atoms with Crippen LogP contribution in [0.25, 0.3) is 27.0 Å². The fraction of sp³-hybridized carbons (Fsp3) is 0.0385. The molecule has 2 heterocycles. The Hall–Kier alpha value is -3.20. The number of amides is 1. The highest BCUT2D eigenvalue weighted by atomic mass is 79.9. The molecule has 8 heteroatoms. The fourth-order valence-electron chi connectivity index (χ4n) is 3.56. The molecule has 0 aliphatic carbocycles. The van der Waals surface area contributed by atoms with Crippen LogP contribution in [0.15, 0.2) is 105 Å². The van der Waals surface area contributed by atoms with E-state index in [1.54, 1.807) is 4.57 Å². The highest BCUT2D eigenvalue weighted by Crippen LogP contribution is 2.33. The van der Waals surface area contributed by atoms with Gasteiger partial charge in [-0.1, -0.05) is 76.2 Å². The van der Waals surface area contributed by atoms with Crippen molar-refractivity contribution in [2.45, 2.75) is 5.16 Å². The lowest BCUT2D eigenvalue weighted by Gasteiger charge is -2.13. The van der Waals surface area contributed by atoms with Crippen LogP contribution in [-0.4, -0.2) is 21.2 Å². The summed E-state index contributed by atoms with van der Waals surface area (Å²) in [5.41, 5.74) is 3.12. The van der Waals surface area contributed by atoms with E-state index in [0.717, 1.165) is 15.6 Å². The van der Waals surface area contributed by atoms with E-state index in [1.165, 1.54) is 23.1 Å². The number of para-hydroxylation sites is 1. The van der Waals surface area contributed by atoms with Crippen molar-refractivity contribution in [2.24, 2.45) is 0 Å². The number of carbonyl (C=O) groups excluding carboxylic acids is 1. The van der Waals surface area contributed by atoms with E-state index in [-0.39, 0.29) is 17.2 Å². The molecule has 1 amide bonds. The first-order valence-corrected chi connectivity index (χ1v) is 13.1. The second kappa shape index (κ2) is 9.97. The molecule has 3 aromatic carbocycles. The number of carbonyl (C=O) groups is 1. The Bertz CT molecular complexity index is 1520. The zero-order valence-corrected chi connectivity index (χ0v) is 21.0. The minimum Gasteiger partial charge on any atom is -0.325 e. The minimum atomic E-state index is -0.169. The van der Waals surface area contributed by atoms with Gasteiger partial charge in [0.15, 0.2) is 5.16 Å². The van der Waals surface area contributed by atoms with E-state index in [4.69, 9.17) is 4.98 Å². The number of nitrogens with zero attached hydrogens (tertiary/aromatic N) is 2. The van der Waals surface area contributed by atoms with Gasteiger partial charge in [0.05, 0.1) is 16.8 Å². The Labute approximate surface area is 212 Å². The summed E-state index contributed by atoms with van der Waals surface area (Å²) in [5, 5.41) is 5.92. The Morgan fingerprint density at radius 3 is 2.35 bits per heavy atom. The molecule has 0 fully saturated rings. The molecule has 0 radical (unpaired) electrons. The largest absolute Gasteiger partial charge is 0.325 e. The zero-order valence-electron chi connectivity index (χ0n) is 17.8. The van der Waals surface area contributed by atoms with E-state index >= 15 is 0 Å². The number of aromatic nitrogens is 2. The molecule has 0 saturated heterocycles. The van der Waals surface area contributed by atoms with Crippen molar-refractivity contribution in [3.05, 3.63) is 105 Å². The molecule has 5 nitrogen and oxygen atoms in total. The van der Waals surface area contributed by atoms with Gasteiger partial charge in [0, 0.05) is 21.1 Å². The molecular formula is C26H18BrN3O2S2. The molecule has 0 spiro atoms. The maximum atomic E-state index is 13.8. The van der Waals surface area contributed by atoms with Gasteiger partial charge in [-0.05, 0) is 42.0 Å². The van der Waals surface area contributed by atoms with Gasteiger partial charge >= 0.3 is 0 Å². The van der Waals surface area contributed by atoms with Gasteiger partial charge in [0.1, 0.15) is 4.83 Å². The van der Waals surface area contributed by atoms with Crippen LogP contribution in [0.3, 0.4) is 0 Å². The average Bonchev–Trinajstić information content (AvgIpc) is 3.30.